The molecule has 1 rings (SSSR count). The van der Waals surface area contributed by atoms with Crippen LogP contribution in [-0.4, -0.2) is 30.1 Å². The second-order valence-corrected chi connectivity index (χ2v) is 5.22. The first kappa shape index (κ1) is 15.7. The fraction of sp³-hybridized carbons (Fsp3) is 0.733. The summed E-state index contributed by atoms with van der Waals surface area (Å²) in [5.41, 5.74) is 1.14. The highest BCUT2D eigenvalue weighted by molar-refractivity contribution is 5.58. The van der Waals surface area contributed by atoms with E-state index in [1.54, 1.807) is 0 Å². The van der Waals surface area contributed by atoms with Crippen LogP contribution in [-0.2, 0) is 0 Å². The van der Waals surface area contributed by atoms with E-state index in [0.29, 0.717) is 5.92 Å². The highest BCUT2D eigenvalue weighted by Crippen LogP contribution is 2.26. The van der Waals surface area contributed by atoms with Gasteiger partial charge in [-0.25, -0.2) is 9.97 Å². The average Bonchev–Trinajstić information content (AvgIpc) is 2.40. The minimum Gasteiger partial charge on any atom is -0.373 e. The summed E-state index contributed by atoms with van der Waals surface area (Å²) in [6, 6.07) is 0. The minimum absolute atomic E-state index is 0.344. The third-order valence-electron chi connectivity index (χ3n) is 3.35. The van der Waals surface area contributed by atoms with E-state index in [2.05, 4.69) is 49.8 Å². The van der Waals surface area contributed by atoms with Gasteiger partial charge in [0, 0.05) is 31.6 Å². The first-order valence-corrected chi connectivity index (χ1v) is 7.36. The number of nitrogens with zero attached hydrogens (tertiary/aromatic N) is 3. The molecule has 19 heavy (non-hydrogen) atoms. The quantitative estimate of drug-likeness (QED) is 0.817. The molecule has 1 aromatic rings. The molecule has 108 valence electrons. The maximum Gasteiger partial charge on any atom is 0.137 e. The molecule has 1 aromatic heterocycles. The first-order valence-electron chi connectivity index (χ1n) is 7.36. The van der Waals surface area contributed by atoms with Gasteiger partial charge < -0.3 is 10.2 Å². The Kier molecular flexibility index (Phi) is 6.06. The summed E-state index contributed by atoms with van der Waals surface area (Å²) in [5.74, 6) is 3.29. The van der Waals surface area contributed by atoms with Gasteiger partial charge in [-0.05, 0) is 20.3 Å². The fourth-order valence-corrected chi connectivity index (χ4v) is 2.09. The van der Waals surface area contributed by atoms with Gasteiger partial charge in [0.05, 0.1) is 0 Å². The lowest BCUT2D eigenvalue weighted by Crippen LogP contribution is -2.27. The summed E-state index contributed by atoms with van der Waals surface area (Å²) in [6.45, 7) is 12.8. The van der Waals surface area contributed by atoms with Crippen LogP contribution in [0.1, 0.15) is 57.8 Å². The Morgan fingerprint density at radius 1 is 1.21 bits per heavy atom. The molecular formula is C15H28N4. The molecule has 0 bridgehead atoms. The molecule has 0 amide bonds. The van der Waals surface area contributed by atoms with Crippen LogP contribution < -0.4 is 10.2 Å². The molecule has 0 aliphatic heterocycles. The highest BCUT2D eigenvalue weighted by atomic mass is 15.2. The van der Waals surface area contributed by atoms with Crippen molar-refractivity contribution < 1.29 is 0 Å². The lowest BCUT2D eigenvalue weighted by Gasteiger charge is -2.25. The Bertz CT molecular complexity index is 401. The zero-order valence-corrected chi connectivity index (χ0v) is 13.2. The third kappa shape index (κ3) is 3.82. The minimum atomic E-state index is 0.344. The van der Waals surface area contributed by atoms with Gasteiger partial charge in [0.15, 0.2) is 0 Å². The summed E-state index contributed by atoms with van der Waals surface area (Å²) >= 11 is 0. The lowest BCUT2D eigenvalue weighted by atomic mass is 10.2. The van der Waals surface area contributed by atoms with E-state index in [1.807, 2.05) is 7.05 Å². The smallest absolute Gasteiger partial charge is 0.137 e. The number of unbranched alkanes of at least 4 members (excludes halogenated alkanes) is 1. The van der Waals surface area contributed by atoms with Crippen molar-refractivity contribution in [3.63, 3.8) is 0 Å². The summed E-state index contributed by atoms with van der Waals surface area (Å²) in [7, 11) is 1.92. The Morgan fingerprint density at radius 2 is 1.89 bits per heavy atom. The molecule has 0 atom stereocenters. The van der Waals surface area contributed by atoms with Crippen LogP contribution in [0.4, 0.5) is 11.6 Å². The van der Waals surface area contributed by atoms with Gasteiger partial charge >= 0.3 is 0 Å². The predicted molar refractivity (Wildman–Crippen MR) is 83.2 cm³/mol. The highest BCUT2D eigenvalue weighted by Gasteiger charge is 2.16. The predicted octanol–water partition coefficient (Wildman–Crippen LogP) is 3.58. The molecule has 4 heteroatoms. The van der Waals surface area contributed by atoms with Crippen LogP contribution in [0.3, 0.4) is 0 Å². The van der Waals surface area contributed by atoms with Gasteiger partial charge in [0.2, 0.25) is 0 Å². The fourth-order valence-electron chi connectivity index (χ4n) is 2.09. The van der Waals surface area contributed by atoms with Crippen molar-refractivity contribution >= 4 is 11.6 Å². The number of anilines is 2. The van der Waals surface area contributed by atoms with Crippen molar-refractivity contribution in [2.75, 3.05) is 30.4 Å². The van der Waals surface area contributed by atoms with Gasteiger partial charge in [-0.1, -0.05) is 27.2 Å². The van der Waals surface area contributed by atoms with E-state index >= 15 is 0 Å². The van der Waals surface area contributed by atoms with E-state index in [9.17, 15) is 0 Å². The number of hydrogen-bond donors (Lipinski definition) is 1. The van der Waals surface area contributed by atoms with E-state index in [1.165, 1.54) is 12.8 Å². The number of aromatic nitrogens is 2. The largest absolute Gasteiger partial charge is 0.373 e. The van der Waals surface area contributed by atoms with Crippen LogP contribution in [0.15, 0.2) is 0 Å². The van der Waals surface area contributed by atoms with Crippen LogP contribution >= 0.6 is 0 Å². The normalized spacial score (nSPS) is 10.9. The summed E-state index contributed by atoms with van der Waals surface area (Å²) in [4.78, 5) is 11.7. The number of rotatable bonds is 7. The van der Waals surface area contributed by atoms with E-state index in [-0.39, 0.29) is 0 Å². The Hall–Kier alpha value is -1.32. The molecule has 0 aliphatic carbocycles. The maximum atomic E-state index is 4.78. The molecule has 4 nitrogen and oxygen atoms in total. The van der Waals surface area contributed by atoms with E-state index in [4.69, 9.17) is 4.98 Å². The van der Waals surface area contributed by atoms with Gasteiger partial charge in [-0.15, -0.1) is 0 Å². The number of nitrogens with one attached hydrogen (secondary N) is 1. The zero-order chi connectivity index (χ0) is 14.4. The van der Waals surface area contributed by atoms with Gasteiger partial charge in [0.25, 0.3) is 0 Å². The maximum absolute atomic E-state index is 4.78. The molecule has 0 radical (unpaired) electrons. The van der Waals surface area contributed by atoms with Gasteiger partial charge in [-0.3, -0.25) is 0 Å². The molecular weight excluding hydrogens is 236 g/mol. The van der Waals surface area contributed by atoms with Crippen molar-refractivity contribution in [3.8, 4) is 0 Å². The standard InChI is InChI=1S/C15H28N4/c1-7-9-10-19(8-2)15-12(5)14(16-6)17-13(18-15)11(3)4/h11H,7-10H2,1-6H3,(H,16,17,18). The topological polar surface area (TPSA) is 41.1 Å². The SMILES string of the molecule is CCCCN(CC)c1nc(C(C)C)nc(NC)c1C. The summed E-state index contributed by atoms with van der Waals surface area (Å²) in [5, 5.41) is 3.19. The van der Waals surface area contributed by atoms with Crippen molar-refractivity contribution in [1.29, 1.82) is 0 Å². The summed E-state index contributed by atoms with van der Waals surface area (Å²) < 4.78 is 0. The molecule has 1 N–H and O–H groups in total. The third-order valence-corrected chi connectivity index (χ3v) is 3.35. The zero-order valence-electron chi connectivity index (χ0n) is 13.2. The van der Waals surface area contributed by atoms with Crippen molar-refractivity contribution in [2.24, 2.45) is 0 Å². The molecule has 0 unspecified atom stereocenters. The lowest BCUT2D eigenvalue weighted by molar-refractivity contribution is 0.706. The van der Waals surface area contributed by atoms with Crippen LogP contribution in [0.25, 0.3) is 0 Å². The molecule has 0 saturated heterocycles. The second kappa shape index (κ2) is 7.31. The monoisotopic (exact) mass is 264 g/mol. The van der Waals surface area contributed by atoms with Crippen LogP contribution in [0.2, 0.25) is 0 Å². The Morgan fingerprint density at radius 3 is 2.37 bits per heavy atom. The number of hydrogen-bond acceptors (Lipinski definition) is 4. The van der Waals surface area contributed by atoms with Crippen molar-refractivity contribution in [2.45, 2.75) is 53.4 Å². The van der Waals surface area contributed by atoms with Crippen molar-refractivity contribution in [1.82, 2.24) is 9.97 Å². The van der Waals surface area contributed by atoms with E-state index < -0.39 is 0 Å². The molecule has 0 aliphatic rings. The molecule has 0 aromatic carbocycles. The van der Waals surface area contributed by atoms with E-state index in [0.717, 1.165) is 36.1 Å². The van der Waals surface area contributed by atoms with Crippen molar-refractivity contribution in [3.05, 3.63) is 11.4 Å². The Labute approximate surface area is 117 Å². The van der Waals surface area contributed by atoms with Crippen LogP contribution in [0.5, 0.6) is 0 Å². The Balaban J connectivity index is 3.18. The van der Waals surface area contributed by atoms with Crippen LogP contribution in [0, 0.1) is 6.92 Å². The summed E-state index contributed by atoms with van der Waals surface area (Å²) in [6.07, 6.45) is 2.40. The van der Waals surface area contributed by atoms with Gasteiger partial charge in [-0.2, -0.15) is 0 Å². The van der Waals surface area contributed by atoms with Gasteiger partial charge in [0.1, 0.15) is 17.5 Å². The molecule has 0 spiro atoms. The first-order chi connectivity index (χ1) is 9.04. The molecule has 0 fully saturated rings. The molecule has 0 saturated carbocycles. The second-order valence-electron chi connectivity index (χ2n) is 5.22. The molecule has 1 heterocycles. The average molecular weight is 264 g/mol.